The van der Waals surface area contributed by atoms with Gasteiger partial charge < -0.3 is 15.4 Å². The van der Waals surface area contributed by atoms with Crippen molar-refractivity contribution in [2.45, 2.75) is 39.2 Å². The normalized spacial score (nSPS) is 22.4. The maximum Gasteiger partial charge on any atom is 0.241 e. The van der Waals surface area contributed by atoms with Gasteiger partial charge in [0.05, 0.1) is 13.2 Å². The molecule has 0 aliphatic carbocycles. The quantitative estimate of drug-likeness (QED) is 0.889. The predicted molar refractivity (Wildman–Crippen MR) is 81.2 cm³/mol. The van der Waals surface area contributed by atoms with Crippen LogP contribution in [0.4, 0.5) is 5.69 Å². The van der Waals surface area contributed by atoms with Crippen LogP contribution in [0.1, 0.15) is 31.7 Å². The van der Waals surface area contributed by atoms with Gasteiger partial charge >= 0.3 is 0 Å². The Morgan fingerprint density at radius 1 is 1.50 bits per heavy atom. The second kappa shape index (κ2) is 6.75. The van der Waals surface area contributed by atoms with Crippen molar-refractivity contribution in [1.82, 2.24) is 5.32 Å². The lowest BCUT2D eigenvalue weighted by molar-refractivity contribution is -0.119. The average Bonchev–Trinajstić information content (AvgIpc) is 2.49. The van der Waals surface area contributed by atoms with Crippen LogP contribution in [0.25, 0.3) is 0 Å². The molecule has 1 aliphatic rings. The molecule has 1 heterocycles. The number of nitrogens with one attached hydrogen (secondary N) is 2. The Bertz CT molecular complexity index is 474. The van der Waals surface area contributed by atoms with Crippen LogP contribution in [0.5, 0.6) is 5.75 Å². The Kier molecular flexibility index (Phi) is 5.01. The molecule has 4 nitrogen and oxygen atoms in total. The molecule has 0 saturated carbocycles. The van der Waals surface area contributed by atoms with Crippen molar-refractivity contribution in [3.05, 3.63) is 23.8 Å². The van der Waals surface area contributed by atoms with E-state index in [0.717, 1.165) is 36.4 Å². The summed E-state index contributed by atoms with van der Waals surface area (Å²) in [6, 6.07) is 5.62. The van der Waals surface area contributed by atoms with Gasteiger partial charge in [-0.15, -0.1) is 0 Å². The van der Waals surface area contributed by atoms with Gasteiger partial charge in [0.2, 0.25) is 5.91 Å². The number of ether oxygens (including phenoxy) is 1. The molecule has 20 heavy (non-hydrogen) atoms. The highest BCUT2D eigenvalue weighted by Gasteiger charge is 2.26. The number of carbonyl (C=O) groups excluding carboxylic acids is 1. The zero-order valence-corrected chi connectivity index (χ0v) is 12.5. The number of rotatable bonds is 4. The summed E-state index contributed by atoms with van der Waals surface area (Å²) in [6.45, 7) is 5.10. The predicted octanol–water partition coefficient (Wildman–Crippen LogP) is 2.72. The number of carbonyl (C=O) groups is 1. The first-order valence-electron chi connectivity index (χ1n) is 7.33. The highest BCUT2D eigenvalue weighted by atomic mass is 16.5. The van der Waals surface area contributed by atoms with Crippen LogP contribution in [0.2, 0.25) is 0 Å². The number of hydrogen-bond acceptors (Lipinski definition) is 3. The van der Waals surface area contributed by atoms with Crippen molar-refractivity contribution >= 4 is 11.6 Å². The molecule has 2 atom stereocenters. The van der Waals surface area contributed by atoms with Gasteiger partial charge in [-0.1, -0.05) is 13.3 Å². The minimum atomic E-state index is -0.0739. The summed E-state index contributed by atoms with van der Waals surface area (Å²) in [5.41, 5.74) is 1.87. The summed E-state index contributed by atoms with van der Waals surface area (Å²) in [5, 5.41) is 6.33. The molecule has 2 rings (SSSR count). The number of piperidine rings is 1. The number of amides is 1. The molecule has 4 heteroatoms. The molecule has 1 saturated heterocycles. The third-order valence-corrected chi connectivity index (χ3v) is 4.10. The van der Waals surface area contributed by atoms with E-state index in [1.165, 1.54) is 6.42 Å². The molecule has 1 amide bonds. The Balaban J connectivity index is 2.00. The molecule has 0 spiro atoms. The fourth-order valence-corrected chi connectivity index (χ4v) is 2.69. The van der Waals surface area contributed by atoms with Gasteiger partial charge in [0.25, 0.3) is 0 Å². The van der Waals surface area contributed by atoms with Gasteiger partial charge in [-0.2, -0.15) is 0 Å². The van der Waals surface area contributed by atoms with Crippen molar-refractivity contribution in [1.29, 1.82) is 0 Å². The smallest absolute Gasteiger partial charge is 0.241 e. The Hall–Kier alpha value is -1.55. The van der Waals surface area contributed by atoms with Crippen molar-refractivity contribution in [2.75, 3.05) is 19.0 Å². The van der Waals surface area contributed by atoms with Gasteiger partial charge in [-0.3, -0.25) is 4.79 Å². The molecule has 1 aromatic carbocycles. The lowest BCUT2D eigenvalue weighted by atomic mass is 9.90. The van der Waals surface area contributed by atoms with Crippen molar-refractivity contribution in [3.63, 3.8) is 0 Å². The summed E-state index contributed by atoms with van der Waals surface area (Å²) in [6.07, 6.45) is 3.24. The maximum atomic E-state index is 12.3. The van der Waals surface area contributed by atoms with Crippen molar-refractivity contribution in [3.8, 4) is 5.75 Å². The largest absolute Gasteiger partial charge is 0.497 e. The van der Waals surface area contributed by atoms with Gasteiger partial charge in [0.1, 0.15) is 5.75 Å². The molecule has 1 aliphatic heterocycles. The van der Waals surface area contributed by atoms with Crippen LogP contribution in [0.3, 0.4) is 0 Å². The van der Waals surface area contributed by atoms with Crippen LogP contribution in [0, 0.1) is 12.8 Å². The Morgan fingerprint density at radius 2 is 2.30 bits per heavy atom. The van der Waals surface area contributed by atoms with E-state index in [9.17, 15) is 4.79 Å². The van der Waals surface area contributed by atoms with Crippen LogP contribution in [0.15, 0.2) is 18.2 Å². The Labute approximate surface area is 120 Å². The monoisotopic (exact) mass is 276 g/mol. The van der Waals surface area contributed by atoms with Crippen molar-refractivity contribution < 1.29 is 9.53 Å². The minimum Gasteiger partial charge on any atom is -0.497 e. The number of benzene rings is 1. The van der Waals surface area contributed by atoms with Gasteiger partial charge in [-0.25, -0.2) is 0 Å². The van der Waals surface area contributed by atoms with E-state index >= 15 is 0 Å². The molecule has 1 aromatic rings. The lowest BCUT2D eigenvalue weighted by Gasteiger charge is -2.29. The second-order valence-corrected chi connectivity index (χ2v) is 5.48. The van der Waals surface area contributed by atoms with Gasteiger partial charge in [0, 0.05) is 5.69 Å². The molecule has 110 valence electrons. The molecule has 0 radical (unpaired) electrons. The number of anilines is 1. The van der Waals surface area contributed by atoms with Gasteiger partial charge in [0.15, 0.2) is 0 Å². The molecule has 0 bridgehead atoms. The summed E-state index contributed by atoms with van der Waals surface area (Å²) in [4.78, 5) is 12.3. The first kappa shape index (κ1) is 14.9. The standard InChI is InChI=1S/C16H24N2O2/c1-4-12-7-8-17-15(10-12)16(19)18-14-6-5-13(20-3)9-11(14)2/h5-6,9,12,15,17H,4,7-8,10H2,1-3H3,(H,18,19). The topological polar surface area (TPSA) is 50.4 Å². The van der Waals surface area contributed by atoms with E-state index in [0.29, 0.717) is 5.92 Å². The SMILES string of the molecule is CCC1CCNC(C(=O)Nc2ccc(OC)cc2C)C1. The van der Waals surface area contributed by atoms with Crippen molar-refractivity contribution in [2.24, 2.45) is 5.92 Å². The average molecular weight is 276 g/mol. The lowest BCUT2D eigenvalue weighted by Crippen LogP contribution is -2.46. The number of aryl methyl sites for hydroxylation is 1. The fraction of sp³-hybridized carbons (Fsp3) is 0.562. The highest BCUT2D eigenvalue weighted by Crippen LogP contribution is 2.23. The fourth-order valence-electron chi connectivity index (χ4n) is 2.69. The number of hydrogen-bond donors (Lipinski definition) is 2. The maximum absolute atomic E-state index is 12.3. The van der Waals surface area contributed by atoms with E-state index in [4.69, 9.17) is 4.74 Å². The molecule has 2 unspecified atom stereocenters. The zero-order valence-electron chi connectivity index (χ0n) is 12.5. The van der Waals surface area contributed by atoms with Crippen LogP contribution in [-0.4, -0.2) is 25.6 Å². The molecular formula is C16H24N2O2. The molecular weight excluding hydrogens is 252 g/mol. The van der Waals surface area contributed by atoms with Gasteiger partial charge in [-0.05, 0) is 56.0 Å². The summed E-state index contributed by atoms with van der Waals surface area (Å²) >= 11 is 0. The molecule has 1 fully saturated rings. The molecule has 0 aromatic heterocycles. The summed E-state index contributed by atoms with van der Waals surface area (Å²) in [5.74, 6) is 1.53. The number of methoxy groups -OCH3 is 1. The van der Waals surface area contributed by atoms with Crippen LogP contribution in [-0.2, 0) is 4.79 Å². The Morgan fingerprint density at radius 3 is 2.95 bits per heavy atom. The third kappa shape index (κ3) is 3.51. The van der Waals surface area contributed by atoms with E-state index < -0.39 is 0 Å². The van der Waals surface area contributed by atoms with Crippen LogP contribution >= 0.6 is 0 Å². The second-order valence-electron chi connectivity index (χ2n) is 5.48. The zero-order chi connectivity index (χ0) is 14.5. The van der Waals surface area contributed by atoms with E-state index in [-0.39, 0.29) is 11.9 Å². The summed E-state index contributed by atoms with van der Waals surface area (Å²) in [7, 11) is 1.64. The third-order valence-electron chi connectivity index (χ3n) is 4.10. The van der Waals surface area contributed by atoms with E-state index in [2.05, 4.69) is 17.6 Å². The minimum absolute atomic E-state index is 0.0661. The van der Waals surface area contributed by atoms with E-state index in [1.54, 1.807) is 7.11 Å². The first-order valence-corrected chi connectivity index (χ1v) is 7.33. The molecule has 2 N–H and O–H groups in total. The first-order chi connectivity index (χ1) is 9.63. The highest BCUT2D eigenvalue weighted by molar-refractivity contribution is 5.95. The van der Waals surface area contributed by atoms with Crippen LogP contribution < -0.4 is 15.4 Å². The van der Waals surface area contributed by atoms with E-state index in [1.807, 2.05) is 25.1 Å². The summed E-state index contributed by atoms with van der Waals surface area (Å²) < 4.78 is 5.17.